The standard InChI is InChI=1S/C24H27ClN6O2/c1-18-26-28-31(27-18)17-21-15-22(25)8-6-20(21)7-9-24(32)30-12-10-29(11-13-30)16-19-4-3-5-23(14-19)33-2/h3-9,14-15H,10-13,16-17H2,1-2H3/b9-7+. The summed E-state index contributed by atoms with van der Waals surface area (Å²) in [5.74, 6) is 1.48. The molecule has 0 unspecified atom stereocenters. The third-order valence-electron chi connectivity index (χ3n) is 5.60. The highest BCUT2D eigenvalue weighted by Crippen LogP contribution is 2.19. The van der Waals surface area contributed by atoms with Crippen LogP contribution >= 0.6 is 11.6 Å². The number of tetrazole rings is 1. The van der Waals surface area contributed by atoms with Crippen LogP contribution in [0.2, 0.25) is 5.02 Å². The summed E-state index contributed by atoms with van der Waals surface area (Å²) in [6.45, 7) is 6.13. The lowest BCUT2D eigenvalue weighted by Crippen LogP contribution is -2.47. The lowest BCUT2D eigenvalue weighted by atomic mass is 10.1. The summed E-state index contributed by atoms with van der Waals surface area (Å²) < 4.78 is 5.31. The van der Waals surface area contributed by atoms with Crippen molar-refractivity contribution in [2.45, 2.75) is 20.0 Å². The van der Waals surface area contributed by atoms with Gasteiger partial charge in [0.15, 0.2) is 5.82 Å². The number of rotatable bonds is 7. The van der Waals surface area contributed by atoms with Gasteiger partial charge in [0, 0.05) is 43.8 Å². The molecule has 0 radical (unpaired) electrons. The molecule has 4 rings (SSSR count). The molecule has 172 valence electrons. The van der Waals surface area contributed by atoms with Gasteiger partial charge in [-0.25, -0.2) is 0 Å². The number of ether oxygens (including phenoxy) is 1. The van der Waals surface area contributed by atoms with Crippen molar-refractivity contribution >= 4 is 23.6 Å². The second-order valence-corrected chi connectivity index (χ2v) is 8.43. The number of nitrogens with zero attached hydrogens (tertiary/aromatic N) is 6. The number of aromatic nitrogens is 4. The molecule has 8 nitrogen and oxygen atoms in total. The van der Waals surface area contributed by atoms with Gasteiger partial charge in [-0.2, -0.15) is 4.80 Å². The fourth-order valence-electron chi connectivity index (χ4n) is 3.84. The minimum atomic E-state index is 0.00616. The predicted molar refractivity (Wildman–Crippen MR) is 127 cm³/mol. The number of carbonyl (C=O) groups excluding carboxylic acids is 1. The highest BCUT2D eigenvalue weighted by Gasteiger charge is 2.20. The Labute approximate surface area is 198 Å². The summed E-state index contributed by atoms with van der Waals surface area (Å²) in [6.07, 6.45) is 3.46. The number of hydrogen-bond donors (Lipinski definition) is 0. The number of piperazine rings is 1. The Bertz CT molecular complexity index is 1140. The number of aryl methyl sites for hydroxylation is 1. The lowest BCUT2D eigenvalue weighted by molar-refractivity contribution is -0.127. The van der Waals surface area contributed by atoms with E-state index in [1.807, 2.05) is 41.3 Å². The first-order valence-electron chi connectivity index (χ1n) is 10.9. The number of carbonyl (C=O) groups is 1. The molecule has 1 aliphatic heterocycles. The minimum absolute atomic E-state index is 0.00616. The van der Waals surface area contributed by atoms with Crippen molar-refractivity contribution in [1.29, 1.82) is 0 Å². The van der Waals surface area contributed by atoms with Crippen LogP contribution in [-0.4, -0.2) is 69.2 Å². The molecule has 1 amide bonds. The SMILES string of the molecule is COc1cccc(CN2CCN(C(=O)/C=C/c3ccc(Cl)cc3Cn3nnc(C)n3)CC2)c1. The van der Waals surface area contributed by atoms with Crippen molar-refractivity contribution in [3.8, 4) is 5.75 Å². The largest absolute Gasteiger partial charge is 0.497 e. The molecule has 0 spiro atoms. The zero-order valence-electron chi connectivity index (χ0n) is 18.8. The second kappa shape index (κ2) is 10.6. The van der Waals surface area contributed by atoms with E-state index in [2.05, 4.69) is 32.4 Å². The number of benzene rings is 2. The molecular formula is C24H27ClN6O2. The van der Waals surface area contributed by atoms with Crippen molar-refractivity contribution in [2.24, 2.45) is 0 Å². The van der Waals surface area contributed by atoms with Gasteiger partial charge < -0.3 is 9.64 Å². The first-order valence-corrected chi connectivity index (χ1v) is 11.2. The van der Waals surface area contributed by atoms with E-state index in [9.17, 15) is 4.79 Å². The summed E-state index contributed by atoms with van der Waals surface area (Å²) in [5, 5.41) is 12.8. The van der Waals surface area contributed by atoms with Gasteiger partial charge in [0.05, 0.1) is 13.7 Å². The monoisotopic (exact) mass is 466 g/mol. The van der Waals surface area contributed by atoms with E-state index in [4.69, 9.17) is 16.3 Å². The average molecular weight is 467 g/mol. The van der Waals surface area contributed by atoms with Gasteiger partial charge in [-0.3, -0.25) is 9.69 Å². The van der Waals surface area contributed by atoms with E-state index in [-0.39, 0.29) is 5.91 Å². The molecule has 3 aromatic rings. The van der Waals surface area contributed by atoms with Crippen LogP contribution in [0, 0.1) is 6.92 Å². The Morgan fingerprint density at radius 3 is 2.67 bits per heavy atom. The first kappa shape index (κ1) is 22.9. The highest BCUT2D eigenvalue weighted by atomic mass is 35.5. The van der Waals surface area contributed by atoms with Crippen LogP contribution in [0.5, 0.6) is 5.75 Å². The number of methoxy groups -OCH3 is 1. The zero-order valence-corrected chi connectivity index (χ0v) is 19.6. The third-order valence-corrected chi connectivity index (χ3v) is 5.83. The van der Waals surface area contributed by atoms with E-state index in [0.29, 0.717) is 30.5 Å². The number of amides is 1. The summed E-state index contributed by atoms with van der Waals surface area (Å²) in [7, 11) is 1.68. The van der Waals surface area contributed by atoms with Crippen molar-refractivity contribution in [3.63, 3.8) is 0 Å². The molecule has 0 aliphatic carbocycles. The second-order valence-electron chi connectivity index (χ2n) is 8.00. The molecular weight excluding hydrogens is 440 g/mol. The van der Waals surface area contributed by atoms with Crippen molar-refractivity contribution in [3.05, 3.63) is 76.1 Å². The maximum absolute atomic E-state index is 12.8. The van der Waals surface area contributed by atoms with Crippen LogP contribution in [0.15, 0.2) is 48.5 Å². The quantitative estimate of drug-likeness (QED) is 0.498. The molecule has 2 aromatic carbocycles. The summed E-state index contributed by atoms with van der Waals surface area (Å²) in [6, 6.07) is 13.7. The topological polar surface area (TPSA) is 76.4 Å². The van der Waals surface area contributed by atoms with Gasteiger partial charge in [-0.15, -0.1) is 10.2 Å². The first-order chi connectivity index (χ1) is 16.0. The lowest BCUT2D eigenvalue weighted by Gasteiger charge is -2.34. The van der Waals surface area contributed by atoms with Crippen LogP contribution in [0.1, 0.15) is 22.5 Å². The summed E-state index contributed by atoms with van der Waals surface area (Å²) >= 11 is 6.18. The molecule has 9 heteroatoms. The van der Waals surface area contributed by atoms with E-state index in [0.717, 1.165) is 36.5 Å². The summed E-state index contributed by atoms with van der Waals surface area (Å²) in [4.78, 5) is 18.6. The van der Waals surface area contributed by atoms with E-state index in [1.54, 1.807) is 20.1 Å². The van der Waals surface area contributed by atoms with Crippen LogP contribution in [0.25, 0.3) is 6.08 Å². The molecule has 1 saturated heterocycles. The Balaban J connectivity index is 1.35. The van der Waals surface area contributed by atoms with E-state index < -0.39 is 0 Å². The third kappa shape index (κ3) is 6.18. The Hall–Kier alpha value is -3.23. The molecule has 0 bridgehead atoms. The van der Waals surface area contributed by atoms with Gasteiger partial charge in [0.2, 0.25) is 5.91 Å². The smallest absolute Gasteiger partial charge is 0.246 e. The zero-order chi connectivity index (χ0) is 23.2. The maximum atomic E-state index is 12.8. The predicted octanol–water partition coefficient (Wildman–Crippen LogP) is 3.05. The van der Waals surface area contributed by atoms with E-state index >= 15 is 0 Å². The van der Waals surface area contributed by atoms with Crippen LogP contribution in [0.3, 0.4) is 0 Å². The molecule has 2 heterocycles. The molecule has 1 fully saturated rings. The van der Waals surface area contributed by atoms with Crippen LogP contribution in [0.4, 0.5) is 0 Å². The molecule has 0 atom stereocenters. The molecule has 33 heavy (non-hydrogen) atoms. The van der Waals surface area contributed by atoms with Crippen molar-refractivity contribution in [2.75, 3.05) is 33.3 Å². The molecule has 0 N–H and O–H groups in total. The van der Waals surface area contributed by atoms with Gasteiger partial charge >= 0.3 is 0 Å². The van der Waals surface area contributed by atoms with Crippen LogP contribution in [-0.2, 0) is 17.9 Å². The Morgan fingerprint density at radius 2 is 1.94 bits per heavy atom. The normalized spacial score (nSPS) is 14.7. The molecule has 1 aromatic heterocycles. The molecule has 0 saturated carbocycles. The van der Waals surface area contributed by atoms with Gasteiger partial charge in [0.1, 0.15) is 5.75 Å². The van der Waals surface area contributed by atoms with Crippen molar-refractivity contribution in [1.82, 2.24) is 30.0 Å². The maximum Gasteiger partial charge on any atom is 0.246 e. The Morgan fingerprint density at radius 1 is 1.12 bits per heavy atom. The fraction of sp³-hybridized carbons (Fsp3) is 0.333. The van der Waals surface area contributed by atoms with Crippen molar-refractivity contribution < 1.29 is 9.53 Å². The molecule has 1 aliphatic rings. The minimum Gasteiger partial charge on any atom is -0.497 e. The van der Waals surface area contributed by atoms with Crippen LogP contribution < -0.4 is 4.74 Å². The van der Waals surface area contributed by atoms with E-state index in [1.165, 1.54) is 10.4 Å². The average Bonchev–Trinajstić information content (AvgIpc) is 3.23. The number of hydrogen-bond acceptors (Lipinski definition) is 6. The fourth-order valence-corrected chi connectivity index (χ4v) is 4.03. The van der Waals surface area contributed by atoms with Gasteiger partial charge in [0.25, 0.3) is 0 Å². The van der Waals surface area contributed by atoms with Gasteiger partial charge in [-0.1, -0.05) is 29.8 Å². The highest BCUT2D eigenvalue weighted by molar-refractivity contribution is 6.30. The Kier molecular flexibility index (Phi) is 7.36. The van der Waals surface area contributed by atoms with Gasteiger partial charge in [-0.05, 0) is 59.2 Å². The summed E-state index contributed by atoms with van der Waals surface area (Å²) in [5.41, 5.74) is 3.03. The number of halogens is 1.